The number of carbonyl (C=O) groups excluding carboxylic acids is 2. The Kier molecular flexibility index (Phi) is 5.84. The first-order valence-electron chi connectivity index (χ1n) is 8.64. The Morgan fingerprint density at radius 1 is 1.07 bits per heavy atom. The van der Waals surface area contributed by atoms with E-state index in [9.17, 15) is 9.59 Å². The lowest BCUT2D eigenvalue weighted by atomic mass is 10.1. The number of allylic oxidation sites excluding steroid dienone is 1. The van der Waals surface area contributed by atoms with Gasteiger partial charge in [-0.25, -0.2) is 4.79 Å². The van der Waals surface area contributed by atoms with Crippen molar-refractivity contribution in [3.63, 3.8) is 0 Å². The van der Waals surface area contributed by atoms with Crippen LogP contribution < -0.4 is 18.9 Å². The van der Waals surface area contributed by atoms with Crippen molar-refractivity contribution in [3.05, 3.63) is 53.3 Å². The first-order valence-corrected chi connectivity index (χ1v) is 8.64. The minimum absolute atomic E-state index is 0.168. The lowest BCUT2D eigenvalue weighted by Gasteiger charge is -2.08. The van der Waals surface area contributed by atoms with Crippen LogP contribution in [0.2, 0.25) is 0 Å². The van der Waals surface area contributed by atoms with Gasteiger partial charge in [-0.05, 0) is 37.3 Å². The van der Waals surface area contributed by atoms with Crippen molar-refractivity contribution in [2.75, 3.05) is 27.4 Å². The second kappa shape index (κ2) is 8.47. The van der Waals surface area contributed by atoms with E-state index in [-0.39, 0.29) is 24.8 Å². The molecule has 0 saturated heterocycles. The maximum atomic E-state index is 12.6. The smallest absolute Gasteiger partial charge is 0.344 e. The first-order chi connectivity index (χ1) is 13.5. The summed E-state index contributed by atoms with van der Waals surface area (Å²) in [5.41, 5.74) is 1.10. The number of methoxy groups -OCH3 is 2. The van der Waals surface area contributed by atoms with Gasteiger partial charge in [0.15, 0.2) is 12.4 Å². The summed E-state index contributed by atoms with van der Waals surface area (Å²) in [4.78, 5) is 24.0. The molecular formula is C21H20O7. The molecule has 7 nitrogen and oxygen atoms in total. The van der Waals surface area contributed by atoms with Crippen molar-refractivity contribution in [2.24, 2.45) is 0 Å². The Morgan fingerprint density at radius 2 is 1.86 bits per heavy atom. The van der Waals surface area contributed by atoms with Crippen LogP contribution in [-0.2, 0) is 9.53 Å². The van der Waals surface area contributed by atoms with Crippen LogP contribution >= 0.6 is 0 Å². The molecule has 7 heteroatoms. The lowest BCUT2D eigenvalue weighted by Crippen LogP contribution is -2.14. The van der Waals surface area contributed by atoms with E-state index in [4.69, 9.17) is 23.7 Å². The summed E-state index contributed by atoms with van der Waals surface area (Å²) < 4.78 is 26.4. The first kappa shape index (κ1) is 19.3. The van der Waals surface area contributed by atoms with Crippen molar-refractivity contribution in [1.29, 1.82) is 0 Å². The molecule has 1 aliphatic rings. The molecule has 0 radical (unpaired) electrons. The summed E-state index contributed by atoms with van der Waals surface area (Å²) in [5.74, 6) is 1.42. The van der Waals surface area contributed by atoms with E-state index in [1.54, 1.807) is 56.5 Å². The SMILES string of the molecule is CCOC(=O)COc1ccc2c(c1)OC(=Cc1ccc(OC)cc1OC)C2=O. The zero-order valence-corrected chi connectivity index (χ0v) is 15.8. The van der Waals surface area contributed by atoms with Crippen LogP contribution in [0, 0.1) is 0 Å². The highest BCUT2D eigenvalue weighted by atomic mass is 16.6. The van der Waals surface area contributed by atoms with Gasteiger partial charge in [0, 0.05) is 17.7 Å². The van der Waals surface area contributed by atoms with Gasteiger partial charge < -0.3 is 23.7 Å². The fourth-order valence-corrected chi connectivity index (χ4v) is 2.68. The predicted molar refractivity (Wildman–Crippen MR) is 101 cm³/mol. The monoisotopic (exact) mass is 384 g/mol. The Hall–Kier alpha value is -3.48. The topological polar surface area (TPSA) is 80.3 Å². The number of hydrogen-bond donors (Lipinski definition) is 0. The number of benzene rings is 2. The summed E-state index contributed by atoms with van der Waals surface area (Å²) >= 11 is 0. The molecule has 0 aliphatic carbocycles. The van der Waals surface area contributed by atoms with Gasteiger partial charge in [0.25, 0.3) is 0 Å². The third kappa shape index (κ3) is 4.09. The molecule has 3 rings (SSSR count). The Bertz CT molecular complexity index is 930. The van der Waals surface area contributed by atoms with Crippen molar-refractivity contribution in [3.8, 4) is 23.0 Å². The van der Waals surface area contributed by atoms with E-state index in [1.807, 2.05) is 0 Å². The molecule has 146 valence electrons. The molecule has 0 bridgehead atoms. The molecule has 0 saturated carbocycles. The average Bonchev–Trinajstić information content (AvgIpc) is 3.01. The van der Waals surface area contributed by atoms with Gasteiger partial charge >= 0.3 is 5.97 Å². The highest BCUT2D eigenvalue weighted by Gasteiger charge is 2.28. The van der Waals surface area contributed by atoms with Gasteiger partial charge in [0.05, 0.1) is 26.4 Å². The van der Waals surface area contributed by atoms with Crippen molar-refractivity contribution in [2.45, 2.75) is 6.92 Å². The summed E-state index contributed by atoms with van der Waals surface area (Å²) in [6.45, 7) is 1.79. The van der Waals surface area contributed by atoms with E-state index in [1.165, 1.54) is 7.11 Å². The maximum absolute atomic E-state index is 12.6. The molecule has 0 spiro atoms. The zero-order valence-electron chi connectivity index (χ0n) is 15.8. The van der Waals surface area contributed by atoms with Gasteiger partial charge in [0.1, 0.15) is 23.0 Å². The fraction of sp³-hybridized carbons (Fsp3) is 0.238. The second-order valence-electron chi connectivity index (χ2n) is 5.80. The van der Waals surface area contributed by atoms with Gasteiger partial charge in [-0.3, -0.25) is 4.79 Å². The third-order valence-corrected chi connectivity index (χ3v) is 4.03. The zero-order chi connectivity index (χ0) is 20.1. The molecule has 0 amide bonds. The Labute approximate surface area is 162 Å². The molecule has 0 aromatic heterocycles. The third-order valence-electron chi connectivity index (χ3n) is 4.03. The molecule has 1 aliphatic heterocycles. The minimum Gasteiger partial charge on any atom is -0.497 e. The van der Waals surface area contributed by atoms with Gasteiger partial charge in [-0.2, -0.15) is 0 Å². The Balaban J connectivity index is 1.80. The number of ketones is 1. The van der Waals surface area contributed by atoms with Crippen LogP contribution in [-0.4, -0.2) is 39.2 Å². The largest absolute Gasteiger partial charge is 0.497 e. The van der Waals surface area contributed by atoms with Crippen LogP contribution in [0.4, 0.5) is 0 Å². The number of Topliss-reactive ketones (excluding diaryl/α,β-unsaturated/α-hetero) is 1. The molecule has 2 aromatic carbocycles. The van der Waals surface area contributed by atoms with Gasteiger partial charge in [-0.15, -0.1) is 0 Å². The maximum Gasteiger partial charge on any atom is 0.344 e. The molecule has 0 N–H and O–H groups in total. The summed E-state index contributed by atoms with van der Waals surface area (Å²) in [6.07, 6.45) is 1.61. The van der Waals surface area contributed by atoms with Crippen molar-refractivity contribution >= 4 is 17.8 Å². The molecule has 0 unspecified atom stereocenters. The standard InChI is InChI=1S/C21H20O7/c1-4-26-20(22)12-27-15-7-8-16-18(11-15)28-19(21(16)23)9-13-5-6-14(24-2)10-17(13)25-3/h5-11H,4,12H2,1-3H3. The van der Waals surface area contributed by atoms with Crippen LogP contribution in [0.5, 0.6) is 23.0 Å². The summed E-state index contributed by atoms with van der Waals surface area (Å²) in [7, 11) is 3.10. The number of ether oxygens (including phenoxy) is 5. The summed E-state index contributed by atoms with van der Waals surface area (Å²) in [5, 5.41) is 0. The van der Waals surface area contributed by atoms with Crippen molar-refractivity contribution < 1.29 is 33.3 Å². The van der Waals surface area contributed by atoms with Gasteiger partial charge in [0.2, 0.25) is 5.78 Å². The molecule has 1 heterocycles. The number of rotatable bonds is 7. The van der Waals surface area contributed by atoms with E-state index in [2.05, 4.69) is 0 Å². The van der Waals surface area contributed by atoms with E-state index < -0.39 is 5.97 Å². The normalized spacial score (nSPS) is 13.7. The van der Waals surface area contributed by atoms with E-state index in [0.29, 0.717) is 34.1 Å². The second-order valence-corrected chi connectivity index (χ2v) is 5.80. The Morgan fingerprint density at radius 3 is 2.57 bits per heavy atom. The highest BCUT2D eigenvalue weighted by molar-refractivity contribution is 6.14. The highest BCUT2D eigenvalue weighted by Crippen LogP contribution is 2.36. The predicted octanol–water partition coefficient (Wildman–Crippen LogP) is 3.26. The molecule has 28 heavy (non-hydrogen) atoms. The van der Waals surface area contributed by atoms with E-state index >= 15 is 0 Å². The molecule has 2 aromatic rings. The van der Waals surface area contributed by atoms with Crippen LogP contribution in [0.1, 0.15) is 22.8 Å². The summed E-state index contributed by atoms with van der Waals surface area (Å²) in [6, 6.07) is 10.0. The number of esters is 1. The molecular weight excluding hydrogens is 364 g/mol. The van der Waals surface area contributed by atoms with E-state index in [0.717, 1.165) is 0 Å². The van der Waals surface area contributed by atoms with Crippen molar-refractivity contribution in [1.82, 2.24) is 0 Å². The van der Waals surface area contributed by atoms with Crippen LogP contribution in [0.3, 0.4) is 0 Å². The minimum atomic E-state index is -0.466. The number of carbonyl (C=O) groups is 2. The molecule has 0 atom stereocenters. The quantitative estimate of drug-likeness (QED) is 0.535. The van der Waals surface area contributed by atoms with Crippen LogP contribution in [0.25, 0.3) is 6.08 Å². The van der Waals surface area contributed by atoms with Gasteiger partial charge in [-0.1, -0.05) is 0 Å². The fourth-order valence-electron chi connectivity index (χ4n) is 2.68. The number of fused-ring (bicyclic) bond motifs is 1. The van der Waals surface area contributed by atoms with Crippen LogP contribution in [0.15, 0.2) is 42.2 Å². The lowest BCUT2D eigenvalue weighted by molar-refractivity contribution is -0.145. The number of hydrogen-bond acceptors (Lipinski definition) is 7. The molecule has 0 fully saturated rings. The average molecular weight is 384 g/mol.